The van der Waals surface area contributed by atoms with Gasteiger partial charge in [-0.05, 0) is 147 Å². The summed E-state index contributed by atoms with van der Waals surface area (Å²) >= 11 is 0. The SMILES string of the molecule is C=C(C)C(=O)OC(C)(C)c1ccc(F)cc1.CC1c2cccc3cccc(c23)C1C.CCC(C)(C)C(=O)OC(C)(C)c1ccc(F)cc1.CCC(C)c1ccc(COC(=O)C(O)(C(F)(F)F)C(F)(F)F)cc1. The van der Waals surface area contributed by atoms with E-state index in [1.54, 1.807) is 57.2 Å². The largest absolute Gasteiger partial charge is 0.458 e. The van der Waals surface area contributed by atoms with Crippen molar-refractivity contribution in [1.82, 2.24) is 0 Å². The van der Waals surface area contributed by atoms with E-state index in [2.05, 4.69) is 61.6 Å². The minimum atomic E-state index is -6.25. The molecule has 5 aromatic rings. The van der Waals surface area contributed by atoms with Gasteiger partial charge in [0.05, 0.1) is 5.41 Å². The van der Waals surface area contributed by atoms with E-state index in [4.69, 9.17) is 14.6 Å². The molecule has 6 rings (SSSR count). The van der Waals surface area contributed by atoms with E-state index < -0.39 is 53.1 Å². The van der Waals surface area contributed by atoms with Gasteiger partial charge >= 0.3 is 35.9 Å². The Morgan fingerprint density at radius 2 is 1.06 bits per heavy atom. The molecule has 1 aliphatic carbocycles. The zero-order valence-electron chi connectivity index (χ0n) is 42.9. The van der Waals surface area contributed by atoms with Crippen LogP contribution < -0.4 is 0 Å². The summed E-state index contributed by atoms with van der Waals surface area (Å²) in [6.07, 6.45) is -10.9. The van der Waals surface area contributed by atoms with Crippen molar-refractivity contribution in [2.75, 3.05) is 0 Å². The van der Waals surface area contributed by atoms with E-state index >= 15 is 0 Å². The third kappa shape index (κ3) is 15.0. The minimum absolute atomic E-state index is 0.196. The number of alkyl halides is 6. The summed E-state index contributed by atoms with van der Waals surface area (Å²) in [5.41, 5.74) is -1.55. The maximum atomic E-state index is 12.9. The van der Waals surface area contributed by atoms with E-state index in [-0.39, 0.29) is 29.1 Å². The predicted octanol–water partition coefficient (Wildman–Crippen LogP) is 15.4. The van der Waals surface area contributed by atoms with Crippen molar-refractivity contribution in [2.45, 2.75) is 149 Å². The number of carbonyl (C=O) groups is 3. The molecule has 0 saturated carbocycles. The molecule has 0 saturated heterocycles. The summed E-state index contributed by atoms with van der Waals surface area (Å²) in [6.45, 7) is 25.6. The molecule has 392 valence electrons. The summed E-state index contributed by atoms with van der Waals surface area (Å²) in [5.74, 6) is -2.53. The fraction of sp³-hybridized carbons (Fsp3) is 0.421. The lowest BCUT2D eigenvalue weighted by Crippen LogP contribution is -2.62. The Kier molecular flexibility index (Phi) is 20.1. The number of benzene rings is 5. The molecule has 1 aliphatic rings. The number of ether oxygens (including phenoxy) is 3. The van der Waals surface area contributed by atoms with Crippen molar-refractivity contribution in [3.63, 3.8) is 0 Å². The molecule has 0 amide bonds. The van der Waals surface area contributed by atoms with Gasteiger partial charge in [0.15, 0.2) is 0 Å². The van der Waals surface area contributed by atoms with Gasteiger partial charge in [0.1, 0.15) is 29.4 Å². The highest BCUT2D eigenvalue weighted by Gasteiger charge is 2.76. The third-order valence-corrected chi connectivity index (χ3v) is 12.9. The van der Waals surface area contributed by atoms with Gasteiger partial charge in [-0.1, -0.05) is 126 Å². The standard InChI is InChI=1S/C15H16F6O3.C15H21FO2.C14H14.C13H15FO2/c1-3-9(2)11-6-4-10(5-7-11)8-24-12(22)13(23,14(16,17)18)15(19,20)21;1-6-14(2,3)13(17)18-15(4,5)11-7-9-12(16)10-8-11;1-9-10(2)13-8-4-6-11-5-3-7-12(9)14(11)13;1-9(2)12(15)16-13(3,4)10-5-7-11(14)8-6-10/h4-7,9,23H,3,8H2,1-2H3;7-10H,6H2,1-5H3;3-10H,1-2H3;5-8H,1H2,2-4H3. The maximum absolute atomic E-state index is 12.9. The minimum Gasteiger partial charge on any atom is -0.458 e. The number of esters is 3. The average Bonchev–Trinajstić information content (AvgIpc) is 3.56. The summed E-state index contributed by atoms with van der Waals surface area (Å²) in [7, 11) is 0. The van der Waals surface area contributed by atoms with Gasteiger partial charge in [-0.3, -0.25) is 4.79 Å². The topological polar surface area (TPSA) is 99.1 Å². The normalized spacial score (nSPS) is 15.1. The second kappa shape index (κ2) is 24.1. The molecule has 7 nitrogen and oxygen atoms in total. The van der Waals surface area contributed by atoms with E-state index in [0.717, 1.165) is 23.1 Å². The molecule has 0 aliphatic heterocycles. The first-order valence-electron chi connectivity index (χ1n) is 23.4. The number of hydrogen-bond acceptors (Lipinski definition) is 7. The fourth-order valence-electron chi connectivity index (χ4n) is 7.17. The number of aliphatic hydroxyl groups is 1. The van der Waals surface area contributed by atoms with Crippen molar-refractivity contribution in [2.24, 2.45) is 5.41 Å². The number of rotatable bonds is 12. The lowest BCUT2D eigenvalue weighted by molar-refractivity contribution is -0.357. The molecular weight excluding hydrogens is 949 g/mol. The Bertz CT molecular complexity index is 2560. The fourth-order valence-corrected chi connectivity index (χ4v) is 7.17. The molecule has 3 unspecified atom stereocenters. The molecule has 0 aromatic heterocycles. The van der Waals surface area contributed by atoms with Crippen molar-refractivity contribution in [3.05, 3.63) is 166 Å². The van der Waals surface area contributed by atoms with E-state index in [1.807, 2.05) is 48.5 Å². The van der Waals surface area contributed by atoms with Crippen LogP contribution in [0, 0.1) is 17.0 Å². The van der Waals surface area contributed by atoms with Crippen LogP contribution in [0.15, 0.2) is 121 Å². The quantitative estimate of drug-likeness (QED) is 0.0575. The highest BCUT2D eigenvalue weighted by atomic mass is 19.4. The van der Waals surface area contributed by atoms with Crippen LogP contribution in [0.4, 0.5) is 35.1 Å². The van der Waals surface area contributed by atoms with Crippen LogP contribution in [-0.2, 0) is 46.4 Å². The molecule has 0 heterocycles. The summed E-state index contributed by atoms with van der Waals surface area (Å²) < 4.78 is 115. The van der Waals surface area contributed by atoms with Crippen LogP contribution in [-0.4, -0.2) is 41.0 Å². The van der Waals surface area contributed by atoms with E-state index in [9.17, 15) is 49.5 Å². The van der Waals surface area contributed by atoms with Crippen LogP contribution in [0.5, 0.6) is 0 Å². The second-order valence-electron chi connectivity index (χ2n) is 19.5. The summed E-state index contributed by atoms with van der Waals surface area (Å²) in [5, 5.41) is 11.8. The first kappa shape index (κ1) is 60.2. The highest BCUT2D eigenvalue weighted by molar-refractivity contribution is 5.92. The lowest BCUT2D eigenvalue weighted by Gasteiger charge is -2.30. The number of hydrogen-bond donors (Lipinski definition) is 1. The Morgan fingerprint density at radius 3 is 1.43 bits per heavy atom. The van der Waals surface area contributed by atoms with Crippen molar-refractivity contribution in [1.29, 1.82) is 0 Å². The Labute approximate surface area is 417 Å². The van der Waals surface area contributed by atoms with Crippen LogP contribution in [0.3, 0.4) is 0 Å². The molecule has 0 bridgehead atoms. The molecule has 0 fully saturated rings. The van der Waals surface area contributed by atoms with Crippen LogP contribution in [0.2, 0.25) is 0 Å². The second-order valence-corrected chi connectivity index (χ2v) is 19.5. The summed E-state index contributed by atoms with van der Waals surface area (Å²) in [4.78, 5) is 34.7. The first-order valence-corrected chi connectivity index (χ1v) is 23.4. The van der Waals surface area contributed by atoms with Crippen molar-refractivity contribution >= 4 is 28.7 Å². The molecule has 0 spiro atoms. The number of carbonyl (C=O) groups excluding carboxylic acids is 3. The van der Waals surface area contributed by atoms with Gasteiger partial charge in [-0.2, -0.15) is 26.3 Å². The smallest absolute Gasteiger partial charge is 0.437 e. The zero-order valence-corrected chi connectivity index (χ0v) is 42.9. The molecular formula is C57H66F8O7. The monoisotopic (exact) mass is 1010 g/mol. The highest BCUT2D eigenvalue weighted by Crippen LogP contribution is 2.46. The molecule has 15 heteroatoms. The van der Waals surface area contributed by atoms with Gasteiger partial charge in [-0.15, -0.1) is 0 Å². The van der Waals surface area contributed by atoms with Crippen LogP contribution in [0.1, 0.15) is 147 Å². The Balaban J connectivity index is 0.000000258. The van der Waals surface area contributed by atoms with Crippen LogP contribution in [0.25, 0.3) is 10.8 Å². The van der Waals surface area contributed by atoms with Crippen molar-refractivity contribution in [3.8, 4) is 0 Å². The van der Waals surface area contributed by atoms with Gasteiger partial charge in [0, 0.05) is 5.57 Å². The average molecular weight is 1020 g/mol. The maximum Gasteiger partial charge on any atom is 0.437 e. The number of halogens is 8. The van der Waals surface area contributed by atoms with Gasteiger partial charge in [-0.25, -0.2) is 18.4 Å². The van der Waals surface area contributed by atoms with E-state index in [1.165, 1.54) is 58.3 Å². The molecule has 5 aromatic carbocycles. The Hall–Kier alpha value is -6.09. The zero-order chi connectivity index (χ0) is 54.8. The molecule has 72 heavy (non-hydrogen) atoms. The molecule has 3 atom stereocenters. The summed E-state index contributed by atoms with van der Waals surface area (Å²) in [6, 6.07) is 31.4. The van der Waals surface area contributed by atoms with Gasteiger partial charge < -0.3 is 19.3 Å². The molecule has 1 N–H and O–H groups in total. The first-order chi connectivity index (χ1) is 33.1. The van der Waals surface area contributed by atoms with Gasteiger partial charge in [0.2, 0.25) is 0 Å². The predicted molar refractivity (Wildman–Crippen MR) is 263 cm³/mol. The Morgan fingerprint density at radius 1 is 0.639 bits per heavy atom. The van der Waals surface area contributed by atoms with Crippen LogP contribution >= 0.6 is 0 Å². The lowest BCUT2D eigenvalue weighted by atomic mass is 9.89. The van der Waals surface area contributed by atoms with E-state index in [0.29, 0.717) is 23.8 Å². The molecule has 0 radical (unpaired) electrons. The third-order valence-electron chi connectivity index (χ3n) is 12.9. The van der Waals surface area contributed by atoms with Gasteiger partial charge in [0.25, 0.3) is 0 Å². The van der Waals surface area contributed by atoms with Crippen molar-refractivity contribution < 1.29 is 68.8 Å².